The molecule has 2 saturated carbocycles. The Labute approximate surface area is 720 Å². The zero-order chi connectivity index (χ0) is 85.8. The third-order valence-electron chi connectivity index (χ3n) is 25.9. The quantitative estimate of drug-likeness (QED) is 0.0132. The number of carbonyl (C=O) groups is 7. The van der Waals surface area contributed by atoms with E-state index in [4.69, 9.17) is 19.2 Å². The monoisotopic (exact) mass is 1630 g/mol. The Bertz CT molecular complexity index is 5450. The summed E-state index contributed by atoms with van der Waals surface area (Å²) in [6, 6.07) is 80.6. The van der Waals surface area contributed by atoms with Crippen LogP contribution in [0.4, 0.5) is 0 Å². The summed E-state index contributed by atoms with van der Waals surface area (Å²) in [5.41, 5.74) is 22.1. The summed E-state index contributed by atoms with van der Waals surface area (Å²) in [6.07, 6.45) is 25.9. The van der Waals surface area contributed by atoms with Crippen LogP contribution in [0.5, 0.6) is 0 Å². The standard InChI is InChI=1S/C40H47NO3.C40H35NO3.C28H33NO5/c2*1-28-13-9-10-18-33(28)38(41-44-29(2)42)39(43)32-21-22-35-34-19-11-12-20-36(34)40(37(35)27-32,25-23-30-14-5-3-6-15-30)26-24-31-16-7-4-8-17-31;1-5-16-28(17-6-2)23-11-9-8-10-21(23)22-13-12-20(18-24(22)28)27(32)25(29-34-19(4)30)14-15-26(31)33-7-3/h9-13,18-22,27,30-31H,3-8,14-17,23-26H2,1-2H3;3-22,27H,23-26H2,1-2H3;8-13,18H,5-7,14-17H2,1-4H3/b2*41-38+;29-25+. The van der Waals surface area contributed by atoms with Crippen molar-refractivity contribution >= 4 is 58.4 Å². The van der Waals surface area contributed by atoms with Gasteiger partial charge in [-0.15, -0.1) is 0 Å². The SMILES string of the molecule is CC(=O)O/N=C(/C(=O)c1ccc2c(c1)C(CCC1CCCCC1)(CCC1CCCCC1)c1ccccc1-2)c1ccccc1C.CC(=O)O/N=C(/C(=O)c1ccc2c(c1)C(CCc1ccccc1)(CCc1ccccc1)c1ccccc1-2)c1ccccc1C.CCCC1(CCC)c2ccccc2-c2ccc(C(=O)/C(CCC(=O)OCC)=N/OC(C)=O)cc21. The molecule has 0 heterocycles. The molecule has 0 amide bonds. The smallest absolute Gasteiger partial charge is 0.332 e. The van der Waals surface area contributed by atoms with Crippen molar-refractivity contribution in [3.05, 3.63) is 320 Å². The van der Waals surface area contributed by atoms with Crippen molar-refractivity contribution in [3.8, 4) is 33.4 Å². The number of rotatable bonds is 31. The number of ether oxygens (including phenoxy) is 1. The molecular weight excluding hydrogens is 1520 g/mol. The van der Waals surface area contributed by atoms with Crippen LogP contribution in [0.15, 0.2) is 252 Å². The molecule has 0 N–H and O–H groups in total. The second-order valence-corrected chi connectivity index (χ2v) is 33.8. The summed E-state index contributed by atoms with van der Waals surface area (Å²) in [5.74, 6) is -1.44. The molecule has 0 unspecified atom stereocenters. The molecule has 14 nitrogen and oxygen atoms in total. The molecule has 0 atom stereocenters. The number of hydrogen-bond acceptors (Lipinski definition) is 14. The number of benzene rings is 10. The van der Waals surface area contributed by atoms with E-state index in [1.807, 2.05) is 86.6 Å². The summed E-state index contributed by atoms with van der Waals surface area (Å²) < 4.78 is 4.97. The molecule has 0 bridgehead atoms. The first-order chi connectivity index (χ1) is 59.3. The largest absolute Gasteiger partial charge is 0.466 e. The fraction of sp³-hybridized carbons (Fsp3) is 0.352. The predicted molar refractivity (Wildman–Crippen MR) is 486 cm³/mol. The minimum atomic E-state index is -0.629. The van der Waals surface area contributed by atoms with E-state index in [1.165, 1.54) is 153 Å². The van der Waals surface area contributed by atoms with Gasteiger partial charge in [0.1, 0.15) is 5.71 Å². The fourth-order valence-electron chi connectivity index (χ4n) is 20.0. The molecule has 10 aromatic carbocycles. The van der Waals surface area contributed by atoms with Crippen LogP contribution in [0.3, 0.4) is 0 Å². The van der Waals surface area contributed by atoms with Gasteiger partial charge in [-0.2, -0.15) is 0 Å². The van der Waals surface area contributed by atoms with Crippen LogP contribution in [0.2, 0.25) is 0 Å². The zero-order valence-electron chi connectivity index (χ0n) is 72.2. The molecule has 628 valence electrons. The Hall–Kier alpha value is -11.9. The van der Waals surface area contributed by atoms with E-state index in [2.05, 4.69) is 187 Å². The molecule has 10 aromatic rings. The first kappa shape index (κ1) is 87.9. The van der Waals surface area contributed by atoms with E-state index >= 15 is 0 Å². The van der Waals surface area contributed by atoms with E-state index in [0.29, 0.717) is 27.8 Å². The summed E-state index contributed by atoms with van der Waals surface area (Å²) in [4.78, 5) is 104. The van der Waals surface area contributed by atoms with Crippen molar-refractivity contribution in [2.24, 2.45) is 27.3 Å². The lowest BCUT2D eigenvalue weighted by atomic mass is 9.67. The molecule has 0 aliphatic heterocycles. The summed E-state index contributed by atoms with van der Waals surface area (Å²) in [5, 5.41) is 12.0. The number of carbonyl (C=O) groups excluding carboxylic acids is 7. The van der Waals surface area contributed by atoms with Gasteiger partial charge in [0, 0.05) is 71.3 Å². The molecule has 0 radical (unpaired) electrons. The molecule has 15 rings (SSSR count). The van der Waals surface area contributed by atoms with Gasteiger partial charge in [-0.1, -0.05) is 325 Å². The molecule has 0 spiro atoms. The van der Waals surface area contributed by atoms with Crippen molar-refractivity contribution in [1.82, 2.24) is 0 Å². The van der Waals surface area contributed by atoms with Crippen molar-refractivity contribution in [2.45, 2.75) is 226 Å². The Morgan fingerprint density at radius 1 is 0.344 bits per heavy atom. The number of ketones is 3. The van der Waals surface area contributed by atoms with Gasteiger partial charge in [-0.25, -0.2) is 14.4 Å². The Morgan fingerprint density at radius 3 is 1.06 bits per heavy atom. The van der Waals surface area contributed by atoms with Crippen LogP contribution in [0.1, 0.15) is 281 Å². The number of fused-ring (bicyclic) bond motifs is 9. The van der Waals surface area contributed by atoms with Crippen LogP contribution < -0.4 is 0 Å². The minimum Gasteiger partial charge on any atom is -0.466 e. The number of aryl methyl sites for hydroxylation is 4. The van der Waals surface area contributed by atoms with Gasteiger partial charge in [-0.3, -0.25) is 19.2 Å². The Morgan fingerprint density at radius 2 is 0.680 bits per heavy atom. The molecule has 5 aliphatic carbocycles. The maximum Gasteiger partial charge on any atom is 0.332 e. The van der Waals surface area contributed by atoms with Crippen molar-refractivity contribution in [3.63, 3.8) is 0 Å². The highest BCUT2D eigenvalue weighted by Gasteiger charge is 2.47. The number of Topliss-reactive ketones (excluding diaryl/α,β-unsaturated/α-hetero) is 3. The molecule has 5 aliphatic rings. The first-order valence-corrected chi connectivity index (χ1v) is 44.3. The summed E-state index contributed by atoms with van der Waals surface area (Å²) >= 11 is 0. The maximum atomic E-state index is 14.3. The highest BCUT2D eigenvalue weighted by molar-refractivity contribution is 6.52. The van der Waals surface area contributed by atoms with E-state index in [1.54, 1.807) is 13.0 Å². The van der Waals surface area contributed by atoms with Crippen molar-refractivity contribution < 1.29 is 52.8 Å². The van der Waals surface area contributed by atoms with Crippen molar-refractivity contribution in [2.75, 3.05) is 6.61 Å². The third-order valence-corrected chi connectivity index (χ3v) is 25.9. The number of oxime groups is 3. The number of hydrogen-bond donors (Lipinski definition) is 0. The first-order valence-electron chi connectivity index (χ1n) is 44.3. The van der Waals surface area contributed by atoms with Gasteiger partial charge in [0.2, 0.25) is 17.3 Å². The van der Waals surface area contributed by atoms with Gasteiger partial charge in [-0.05, 0) is 204 Å². The van der Waals surface area contributed by atoms with Crippen molar-refractivity contribution in [1.29, 1.82) is 0 Å². The highest BCUT2D eigenvalue weighted by atomic mass is 16.7. The predicted octanol–water partition coefficient (Wildman–Crippen LogP) is 24.8. The van der Waals surface area contributed by atoms with Gasteiger partial charge < -0.3 is 19.2 Å². The van der Waals surface area contributed by atoms with Crippen LogP contribution in [0, 0.1) is 25.7 Å². The lowest BCUT2D eigenvalue weighted by Crippen LogP contribution is -2.28. The van der Waals surface area contributed by atoms with Crippen LogP contribution in [0.25, 0.3) is 33.4 Å². The highest BCUT2D eigenvalue weighted by Crippen LogP contribution is 2.58. The van der Waals surface area contributed by atoms with Gasteiger partial charge >= 0.3 is 23.9 Å². The van der Waals surface area contributed by atoms with Crippen LogP contribution >= 0.6 is 0 Å². The van der Waals surface area contributed by atoms with E-state index in [9.17, 15) is 33.6 Å². The van der Waals surface area contributed by atoms with E-state index in [0.717, 1.165) is 109 Å². The lowest BCUT2D eigenvalue weighted by molar-refractivity contribution is -0.143. The van der Waals surface area contributed by atoms with Gasteiger partial charge in [0.15, 0.2) is 11.4 Å². The Balaban J connectivity index is 0.000000159. The minimum absolute atomic E-state index is 0.0222. The lowest BCUT2D eigenvalue weighted by Gasteiger charge is -2.36. The number of nitrogens with zero attached hydrogens (tertiary/aromatic N) is 3. The van der Waals surface area contributed by atoms with Crippen LogP contribution in [-0.2, 0) is 67.5 Å². The van der Waals surface area contributed by atoms with Crippen LogP contribution in [-0.4, -0.2) is 65.0 Å². The average molecular weight is 1630 g/mol. The van der Waals surface area contributed by atoms with Gasteiger partial charge in [0.25, 0.3) is 0 Å². The summed E-state index contributed by atoms with van der Waals surface area (Å²) in [7, 11) is 0. The molecule has 0 saturated heterocycles. The van der Waals surface area contributed by atoms with E-state index in [-0.39, 0.29) is 70.2 Å². The fourth-order valence-corrected chi connectivity index (χ4v) is 20.0. The molecule has 122 heavy (non-hydrogen) atoms. The second-order valence-electron chi connectivity index (χ2n) is 33.8. The average Bonchev–Trinajstić information content (AvgIpc) is 1.58. The maximum absolute atomic E-state index is 14.3. The summed E-state index contributed by atoms with van der Waals surface area (Å²) in [6.45, 7) is 14.0. The zero-order valence-corrected chi connectivity index (χ0v) is 72.2. The number of esters is 1. The Kier molecular flexibility index (Phi) is 29.6. The second kappa shape index (κ2) is 41.1. The van der Waals surface area contributed by atoms with E-state index < -0.39 is 23.9 Å². The molecule has 2 fully saturated rings. The third kappa shape index (κ3) is 20.0. The molecular formula is C108H115N3O11. The van der Waals surface area contributed by atoms with Gasteiger partial charge in [0.05, 0.1) is 13.0 Å². The molecule has 0 aromatic heterocycles. The molecule has 14 heteroatoms. The topological polar surface area (TPSA) is 193 Å². The normalized spacial score (nSPS) is 15.2.